The molecule has 0 aliphatic heterocycles. The van der Waals surface area contributed by atoms with Crippen LogP contribution in [0.4, 0.5) is 0 Å². The van der Waals surface area contributed by atoms with Gasteiger partial charge in [-0.1, -0.05) is 5.92 Å². The molecule has 1 N–H and O–H groups in total. The summed E-state index contributed by atoms with van der Waals surface area (Å²) < 4.78 is 9.65. The molecule has 0 spiro atoms. The molecule has 16 heavy (non-hydrogen) atoms. The first kappa shape index (κ1) is 12.0. The van der Waals surface area contributed by atoms with Gasteiger partial charge in [-0.05, 0) is 0 Å². The van der Waals surface area contributed by atoms with Gasteiger partial charge in [0.25, 0.3) is 0 Å². The highest BCUT2D eigenvalue weighted by molar-refractivity contribution is 5.87. The summed E-state index contributed by atoms with van der Waals surface area (Å²) in [5, 5.41) is 8.96. The topological polar surface area (TPSA) is 68.7 Å². The van der Waals surface area contributed by atoms with E-state index in [1.54, 1.807) is 0 Å². The van der Waals surface area contributed by atoms with Gasteiger partial charge < -0.3 is 14.6 Å². The molecule has 0 atom stereocenters. The maximum Gasteiger partial charge on any atom is 0.356 e. The Morgan fingerprint density at radius 2 is 2.38 bits per heavy atom. The average Bonchev–Trinajstić information content (AvgIpc) is 2.34. The van der Waals surface area contributed by atoms with Crippen LogP contribution in [0.2, 0.25) is 0 Å². The molecule has 0 radical (unpaired) electrons. The average molecular weight is 221 g/mol. The second kappa shape index (κ2) is 5.73. The van der Waals surface area contributed by atoms with E-state index in [9.17, 15) is 4.79 Å². The maximum absolute atomic E-state index is 11.2. The zero-order valence-corrected chi connectivity index (χ0v) is 8.77. The highest BCUT2D eigenvalue weighted by Crippen LogP contribution is 2.15. The zero-order valence-electron chi connectivity index (χ0n) is 8.77. The number of carbonyl (C=O) groups is 1. The summed E-state index contributed by atoms with van der Waals surface area (Å²) in [4.78, 5) is 15.1. The molecule has 1 aromatic rings. The second-order valence-electron chi connectivity index (χ2n) is 2.82. The van der Waals surface area contributed by atoms with Gasteiger partial charge in [0.15, 0.2) is 5.69 Å². The Bertz CT molecular complexity index is 422. The van der Waals surface area contributed by atoms with Gasteiger partial charge in [0.1, 0.15) is 12.4 Å². The third-order valence-electron chi connectivity index (χ3n) is 1.73. The third-order valence-corrected chi connectivity index (χ3v) is 1.73. The predicted octanol–water partition coefficient (Wildman–Crippen LogP) is 0.372. The predicted molar refractivity (Wildman–Crippen MR) is 55.8 cm³/mol. The Labute approximate surface area is 93.0 Å². The van der Waals surface area contributed by atoms with Crippen LogP contribution < -0.4 is 4.74 Å². The van der Waals surface area contributed by atoms with Gasteiger partial charge in [0.05, 0.1) is 19.4 Å². The van der Waals surface area contributed by atoms with Crippen LogP contribution in [0.25, 0.3) is 0 Å². The van der Waals surface area contributed by atoms with Gasteiger partial charge in [-0.2, -0.15) is 0 Å². The summed E-state index contributed by atoms with van der Waals surface area (Å²) in [7, 11) is 1.25. The number of aromatic nitrogens is 1. The number of methoxy groups -OCH3 is 1. The molecule has 0 aliphatic rings. The highest BCUT2D eigenvalue weighted by Gasteiger charge is 2.10. The Hall–Kier alpha value is -2.06. The van der Waals surface area contributed by atoms with Gasteiger partial charge in [0.2, 0.25) is 0 Å². The molecule has 0 aromatic carbocycles. The largest absolute Gasteiger partial charge is 0.481 e. The fourth-order valence-corrected chi connectivity index (χ4v) is 1.06. The summed E-state index contributed by atoms with van der Waals surface area (Å²) in [6.45, 7) is -0.216. The minimum Gasteiger partial charge on any atom is -0.481 e. The summed E-state index contributed by atoms with van der Waals surface area (Å²) in [5.41, 5.74) is 0.385. The fourth-order valence-electron chi connectivity index (χ4n) is 1.06. The van der Waals surface area contributed by atoms with Crippen LogP contribution in [0.3, 0.4) is 0 Å². The molecule has 0 amide bonds. The van der Waals surface area contributed by atoms with Crippen LogP contribution in [-0.4, -0.2) is 29.8 Å². The Balaban J connectivity index is 3.01. The maximum atomic E-state index is 11.2. The van der Waals surface area contributed by atoms with E-state index in [1.807, 2.05) is 0 Å². The molecule has 5 nitrogen and oxygen atoms in total. The molecule has 1 rings (SSSR count). The van der Waals surface area contributed by atoms with E-state index < -0.39 is 5.97 Å². The molecule has 0 aliphatic carbocycles. The number of rotatable bonds is 4. The molecule has 0 fully saturated rings. The number of carbonyl (C=O) groups excluding carboxylic acids is 1. The lowest BCUT2D eigenvalue weighted by Gasteiger charge is -2.06. The highest BCUT2D eigenvalue weighted by atomic mass is 16.5. The molecule has 0 saturated carbocycles. The minimum absolute atomic E-state index is 0.0704. The molecule has 84 valence electrons. The van der Waals surface area contributed by atoms with E-state index >= 15 is 0 Å². The van der Waals surface area contributed by atoms with E-state index in [1.165, 1.54) is 19.2 Å². The lowest BCUT2D eigenvalue weighted by atomic mass is 10.3. The van der Waals surface area contributed by atoms with E-state index in [4.69, 9.17) is 16.3 Å². The van der Waals surface area contributed by atoms with E-state index in [0.29, 0.717) is 11.4 Å². The normalized spacial score (nSPS) is 9.31. The summed E-state index contributed by atoms with van der Waals surface area (Å²) in [6.07, 6.45) is 5.04. The number of terminal acetylenes is 1. The van der Waals surface area contributed by atoms with Gasteiger partial charge in [-0.25, -0.2) is 9.78 Å². The Morgan fingerprint density at radius 3 is 2.94 bits per heavy atom. The molecule has 5 heteroatoms. The first-order valence-electron chi connectivity index (χ1n) is 4.47. The van der Waals surface area contributed by atoms with Crippen LogP contribution in [0.15, 0.2) is 12.1 Å². The second-order valence-corrected chi connectivity index (χ2v) is 2.82. The Kier molecular flexibility index (Phi) is 4.30. The van der Waals surface area contributed by atoms with Crippen molar-refractivity contribution in [3.05, 3.63) is 23.5 Å². The molecular formula is C11H11NO4. The fraction of sp³-hybridized carbons (Fsp3) is 0.273. The van der Waals surface area contributed by atoms with Crippen LogP contribution in [-0.2, 0) is 11.3 Å². The zero-order chi connectivity index (χ0) is 12.0. The number of nitrogens with zero attached hydrogens (tertiary/aromatic N) is 1. The van der Waals surface area contributed by atoms with Crippen molar-refractivity contribution < 1.29 is 19.4 Å². The third kappa shape index (κ3) is 2.97. The monoisotopic (exact) mass is 221 g/mol. The number of aliphatic hydroxyl groups is 1. The standard InChI is InChI=1S/C11H11NO4/c1-3-4-16-9-5-8(7-13)12-10(6-9)11(14)15-2/h1,5-6,13H,4,7H2,2H3. The van der Waals surface area contributed by atoms with Crippen LogP contribution in [0.1, 0.15) is 16.2 Å². The lowest BCUT2D eigenvalue weighted by Crippen LogP contribution is -2.07. The van der Waals surface area contributed by atoms with Gasteiger partial charge in [-0.3, -0.25) is 0 Å². The molecule has 1 aromatic heterocycles. The van der Waals surface area contributed by atoms with Gasteiger partial charge >= 0.3 is 5.97 Å². The summed E-state index contributed by atoms with van der Waals surface area (Å²) in [5.74, 6) is 2.07. The van der Waals surface area contributed by atoms with E-state index in [-0.39, 0.29) is 18.9 Å². The quantitative estimate of drug-likeness (QED) is 0.587. The van der Waals surface area contributed by atoms with Crippen LogP contribution in [0, 0.1) is 12.3 Å². The van der Waals surface area contributed by atoms with Gasteiger partial charge in [0, 0.05) is 12.1 Å². The van der Waals surface area contributed by atoms with Crippen molar-refractivity contribution in [2.24, 2.45) is 0 Å². The molecule has 0 bridgehead atoms. The van der Waals surface area contributed by atoms with Crippen molar-refractivity contribution in [2.45, 2.75) is 6.61 Å². The number of ether oxygens (including phenoxy) is 2. The van der Waals surface area contributed by atoms with Crippen molar-refractivity contribution in [3.8, 4) is 18.1 Å². The molecule has 1 heterocycles. The summed E-state index contributed by atoms with van der Waals surface area (Å²) in [6, 6.07) is 2.91. The number of hydrogen-bond donors (Lipinski definition) is 1. The molecular weight excluding hydrogens is 210 g/mol. The number of aliphatic hydroxyl groups excluding tert-OH is 1. The van der Waals surface area contributed by atoms with Crippen LogP contribution >= 0.6 is 0 Å². The van der Waals surface area contributed by atoms with Crippen molar-refractivity contribution in [1.82, 2.24) is 4.98 Å². The van der Waals surface area contributed by atoms with E-state index in [0.717, 1.165) is 0 Å². The van der Waals surface area contributed by atoms with Gasteiger partial charge in [-0.15, -0.1) is 6.42 Å². The molecule has 0 saturated heterocycles. The van der Waals surface area contributed by atoms with Crippen molar-refractivity contribution >= 4 is 5.97 Å². The first-order chi connectivity index (χ1) is 7.71. The minimum atomic E-state index is -0.596. The van der Waals surface area contributed by atoms with Crippen molar-refractivity contribution in [1.29, 1.82) is 0 Å². The smallest absolute Gasteiger partial charge is 0.356 e. The van der Waals surface area contributed by atoms with Crippen molar-refractivity contribution in [3.63, 3.8) is 0 Å². The number of hydrogen-bond acceptors (Lipinski definition) is 5. The van der Waals surface area contributed by atoms with Crippen LogP contribution in [0.5, 0.6) is 5.75 Å². The number of pyridine rings is 1. The van der Waals surface area contributed by atoms with E-state index in [2.05, 4.69) is 15.6 Å². The number of esters is 1. The molecule has 0 unspecified atom stereocenters. The SMILES string of the molecule is C#CCOc1cc(CO)nc(C(=O)OC)c1. The van der Waals surface area contributed by atoms with Crippen molar-refractivity contribution in [2.75, 3.05) is 13.7 Å². The Morgan fingerprint density at radius 1 is 1.62 bits per heavy atom. The lowest BCUT2D eigenvalue weighted by molar-refractivity contribution is 0.0593. The first-order valence-corrected chi connectivity index (χ1v) is 4.47. The summed E-state index contributed by atoms with van der Waals surface area (Å²) >= 11 is 0.